The van der Waals surface area contributed by atoms with Gasteiger partial charge in [0.2, 0.25) is 0 Å². The first kappa shape index (κ1) is 15.6. The van der Waals surface area contributed by atoms with Crippen molar-refractivity contribution in [3.63, 3.8) is 0 Å². The number of fused-ring (bicyclic) bond motifs is 1. The van der Waals surface area contributed by atoms with Gasteiger partial charge in [-0.3, -0.25) is 0 Å². The molecule has 3 heteroatoms. The molecule has 114 valence electrons. The molecule has 21 heavy (non-hydrogen) atoms. The number of rotatable bonds is 5. The number of hydrogen-bond acceptors (Lipinski definition) is 3. The van der Waals surface area contributed by atoms with Crippen LogP contribution in [0.5, 0.6) is 5.75 Å². The van der Waals surface area contributed by atoms with Crippen molar-refractivity contribution >= 4 is 11.5 Å². The van der Waals surface area contributed by atoms with E-state index in [1.807, 2.05) is 25.1 Å². The van der Waals surface area contributed by atoms with E-state index in [9.17, 15) is 4.79 Å². The summed E-state index contributed by atoms with van der Waals surface area (Å²) >= 11 is 0. The fraction of sp³-hybridized carbons (Fsp3) is 0.500. The zero-order valence-electron chi connectivity index (χ0n) is 13.1. The van der Waals surface area contributed by atoms with E-state index < -0.39 is 6.10 Å². The Balaban J connectivity index is 2.20. The van der Waals surface area contributed by atoms with Crippen LogP contribution in [0, 0.1) is 5.92 Å². The third-order valence-corrected chi connectivity index (χ3v) is 3.59. The van der Waals surface area contributed by atoms with Gasteiger partial charge >= 0.3 is 5.97 Å². The van der Waals surface area contributed by atoms with E-state index in [0.29, 0.717) is 18.9 Å². The number of carbonyl (C=O) groups excluding carboxylic acids is 1. The van der Waals surface area contributed by atoms with E-state index >= 15 is 0 Å². The summed E-state index contributed by atoms with van der Waals surface area (Å²) in [5.74, 6) is 1.18. The summed E-state index contributed by atoms with van der Waals surface area (Å²) in [6.07, 6.45) is 4.49. The van der Waals surface area contributed by atoms with Gasteiger partial charge in [-0.1, -0.05) is 38.1 Å². The molecule has 1 aliphatic heterocycles. The van der Waals surface area contributed by atoms with Gasteiger partial charge < -0.3 is 9.47 Å². The van der Waals surface area contributed by atoms with Crippen molar-refractivity contribution in [3.05, 3.63) is 35.9 Å². The molecule has 0 aromatic heterocycles. The minimum Gasteiger partial charge on any atom is -0.478 e. The fourth-order valence-corrected chi connectivity index (χ4v) is 2.49. The van der Waals surface area contributed by atoms with Crippen molar-refractivity contribution in [1.29, 1.82) is 0 Å². The van der Waals surface area contributed by atoms with Gasteiger partial charge in [0.15, 0.2) is 6.10 Å². The SMILES string of the molecule is CCOC(=O)C1C/C(=C\CCC(C)C)c2ccccc2O1. The molecule has 1 aromatic carbocycles. The average Bonchev–Trinajstić information content (AvgIpc) is 2.47. The Morgan fingerprint density at radius 1 is 1.43 bits per heavy atom. The summed E-state index contributed by atoms with van der Waals surface area (Å²) in [4.78, 5) is 12.0. The first-order chi connectivity index (χ1) is 10.1. The molecule has 0 spiro atoms. The summed E-state index contributed by atoms with van der Waals surface area (Å²) in [6, 6.07) is 7.90. The molecule has 0 amide bonds. The van der Waals surface area contributed by atoms with Gasteiger partial charge in [0.25, 0.3) is 0 Å². The highest BCUT2D eigenvalue weighted by Gasteiger charge is 2.29. The van der Waals surface area contributed by atoms with Crippen LogP contribution in [-0.2, 0) is 9.53 Å². The summed E-state index contributed by atoms with van der Waals surface area (Å²) in [5.41, 5.74) is 2.29. The van der Waals surface area contributed by atoms with E-state index in [1.54, 1.807) is 0 Å². The molecule has 0 aliphatic carbocycles. The summed E-state index contributed by atoms with van der Waals surface area (Å²) in [7, 11) is 0. The maximum Gasteiger partial charge on any atom is 0.347 e. The van der Waals surface area contributed by atoms with Crippen LogP contribution in [0.4, 0.5) is 0 Å². The monoisotopic (exact) mass is 288 g/mol. The smallest absolute Gasteiger partial charge is 0.347 e. The Kier molecular flexibility index (Phi) is 5.43. The number of hydrogen-bond donors (Lipinski definition) is 0. The molecule has 0 saturated heterocycles. The summed E-state index contributed by atoms with van der Waals surface area (Å²) in [6.45, 7) is 6.64. The molecular formula is C18H24O3. The number of para-hydroxylation sites is 1. The summed E-state index contributed by atoms with van der Waals surface area (Å²) < 4.78 is 10.9. The van der Waals surface area contributed by atoms with E-state index in [-0.39, 0.29) is 5.97 Å². The normalized spacial score (nSPS) is 19.2. The highest BCUT2D eigenvalue weighted by molar-refractivity contribution is 5.82. The minimum atomic E-state index is -0.523. The average molecular weight is 288 g/mol. The van der Waals surface area contributed by atoms with E-state index in [1.165, 1.54) is 5.57 Å². The molecule has 0 radical (unpaired) electrons. The summed E-state index contributed by atoms with van der Waals surface area (Å²) in [5, 5.41) is 0. The maximum atomic E-state index is 12.0. The number of esters is 1. The molecule has 1 aliphatic rings. The Morgan fingerprint density at radius 2 is 2.19 bits per heavy atom. The lowest BCUT2D eigenvalue weighted by molar-refractivity contribution is -0.151. The molecule has 3 nitrogen and oxygen atoms in total. The van der Waals surface area contributed by atoms with Gasteiger partial charge in [-0.15, -0.1) is 0 Å². The second kappa shape index (κ2) is 7.30. The number of benzene rings is 1. The van der Waals surface area contributed by atoms with Crippen molar-refractivity contribution in [2.75, 3.05) is 6.61 Å². The number of ether oxygens (including phenoxy) is 2. The van der Waals surface area contributed by atoms with Gasteiger partial charge in [0.05, 0.1) is 6.61 Å². The standard InChI is InChI=1S/C18H24O3/c1-4-20-18(19)17-12-14(9-7-8-13(2)3)15-10-5-6-11-16(15)21-17/h5-6,9-11,13,17H,4,7-8,12H2,1-3H3/b14-9+. The van der Waals surface area contributed by atoms with Crippen molar-refractivity contribution in [3.8, 4) is 5.75 Å². The third kappa shape index (κ3) is 4.10. The van der Waals surface area contributed by atoms with E-state index in [0.717, 1.165) is 24.2 Å². The first-order valence-corrected chi connectivity index (χ1v) is 7.73. The Bertz CT molecular complexity index is 517. The van der Waals surface area contributed by atoms with Gasteiger partial charge in [0, 0.05) is 12.0 Å². The Morgan fingerprint density at radius 3 is 2.90 bits per heavy atom. The van der Waals surface area contributed by atoms with Gasteiger partial charge in [0.1, 0.15) is 5.75 Å². The molecule has 1 heterocycles. The number of carbonyl (C=O) groups is 1. The first-order valence-electron chi connectivity index (χ1n) is 7.73. The highest BCUT2D eigenvalue weighted by atomic mass is 16.6. The van der Waals surface area contributed by atoms with Crippen LogP contribution in [0.25, 0.3) is 5.57 Å². The quantitative estimate of drug-likeness (QED) is 0.761. The van der Waals surface area contributed by atoms with E-state index in [2.05, 4.69) is 26.0 Å². The lowest BCUT2D eigenvalue weighted by atomic mass is 9.94. The van der Waals surface area contributed by atoms with Crippen LogP contribution >= 0.6 is 0 Å². The van der Waals surface area contributed by atoms with Crippen molar-refractivity contribution in [2.45, 2.75) is 46.1 Å². The topological polar surface area (TPSA) is 35.5 Å². The van der Waals surface area contributed by atoms with Crippen molar-refractivity contribution in [1.82, 2.24) is 0 Å². The molecule has 0 N–H and O–H groups in total. The third-order valence-electron chi connectivity index (χ3n) is 3.59. The predicted octanol–water partition coefficient (Wildman–Crippen LogP) is 4.22. The van der Waals surface area contributed by atoms with Crippen LogP contribution in [-0.4, -0.2) is 18.7 Å². The van der Waals surface area contributed by atoms with Crippen LogP contribution in [0.15, 0.2) is 30.3 Å². The molecule has 1 atom stereocenters. The maximum absolute atomic E-state index is 12.0. The van der Waals surface area contributed by atoms with Crippen molar-refractivity contribution in [2.24, 2.45) is 5.92 Å². The highest BCUT2D eigenvalue weighted by Crippen LogP contribution is 2.36. The molecule has 0 saturated carbocycles. The molecule has 1 aromatic rings. The Labute approximate surface area is 127 Å². The van der Waals surface area contributed by atoms with Crippen LogP contribution in [0.1, 0.15) is 45.6 Å². The zero-order chi connectivity index (χ0) is 15.2. The molecule has 1 unspecified atom stereocenters. The Hall–Kier alpha value is -1.77. The molecular weight excluding hydrogens is 264 g/mol. The lowest BCUT2D eigenvalue weighted by Gasteiger charge is -2.26. The van der Waals surface area contributed by atoms with Crippen LogP contribution < -0.4 is 4.74 Å². The largest absolute Gasteiger partial charge is 0.478 e. The van der Waals surface area contributed by atoms with Crippen LogP contribution in [0.3, 0.4) is 0 Å². The van der Waals surface area contributed by atoms with Gasteiger partial charge in [-0.05, 0) is 37.3 Å². The second-order valence-corrected chi connectivity index (χ2v) is 5.76. The molecule has 2 rings (SSSR count). The molecule has 0 bridgehead atoms. The van der Waals surface area contributed by atoms with Gasteiger partial charge in [-0.2, -0.15) is 0 Å². The number of allylic oxidation sites excluding steroid dienone is 1. The predicted molar refractivity (Wildman–Crippen MR) is 84.2 cm³/mol. The molecule has 0 fully saturated rings. The fourth-order valence-electron chi connectivity index (χ4n) is 2.49. The van der Waals surface area contributed by atoms with Gasteiger partial charge in [-0.25, -0.2) is 4.79 Å². The van der Waals surface area contributed by atoms with Crippen LogP contribution in [0.2, 0.25) is 0 Å². The van der Waals surface area contributed by atoms with Crippen molar-refractivity contribution < 1.29 is 14.3 Å². The minimum absolute atomic E-state index is 0.276. The lowest BCUT2D eigenvalue weighted by Crippen LogP contribution is -2.32. The zero-order valence-corrected chi connectivity index (χ0v) is 13.1. The second-order valence-electron chi connectivity index (χ2n) is 5.76. The van der Waals surface area contributed by atoms with E-state index in [4.69, 9.17) is 9.47 Å².